The van der Waals surface area contributed by atoms with Gasteiger partial charge in [0.15, 0.2) is 5.78 Å². The number of amides is 3. The highest BCUT2D eigenvalue weighted by Crippen LogP contribution is 2.33. The molecule has 9 heteroatoms. The van der Waals surface area contributed by atoms with Gasteiger partial charge < -0.3 is 5.32 Å². The number of sulfonamides is 1. The molecule has 1 aliphatic rings. The molecule has 2 N–H and O–H groups in total. The molecule has 176 valence electrons. The van der Waals surface area contributed by atoms with Crippen LogP contribution in [-0.2, 0) is 26.8 Å². The molecular formula is C25H25N3O5S. The molecule has 0 aliphatic carbocycles. The van der Waals surface area contributed by atoms with Crippen LogP contribution in [0.2, 0.25) is 0 Å². The molecule has 1 atom stereocenters. The summed E-state index contributed by atoms with van der Waals surface area (Å²) in [5.74, 6) is -0.850. The zero-order valence-electron chi connectivity index (χ0n) is 18.9. The zero-order chi connectivity index (χ0) is 24.5. The van der Waals surface area contributed by atoms with Crippen molar-refractivity contribution in [3.05, 3.63) is 83.4 Å². The number of rotatable bonds is 8. The van der Waals surface area contributed by atoms with Crippen molar-refractivity contribution in [3.8, 4) is 0 Å². The number of carbonyl (C=O) groups is 3. The molecule has 1 aliphatic heterocycles. The van der Waals surface area contributed by atoms with Crippen molar-refractivity contribution in [2.45, 2.75) is 18.9 Å². The first-order valence-electron chi connectivity index (χ1n) is 10.8. The van der Waals surface area contributed by atoms with Gasteiger partial charge in [-0.15, -0.1) is 0 Å². The molecule has 3 amide bonds. The summed E-state index contributed by atoms with van der Waals surface area (Å²) in [6.07, 6.45) is 1.56. The summed E-state index contributed by atoms with van der Waals surface area (Å²) in [6, 6.07) is 19.3. The third kappa shape index (κ3) is 4.71. The lowest BCUT2D eigenvalue weighted by molar-refractivity contribution is -0.130. The third-order valence-corrected chi connectivity index (χ3v) is 6.69. The molecule has 3 aromatic rings. The number of imide groups is 1. The Balaban J connectivity index is 1.48. The van der Waals surface area contributed by atoms with Crippen LogP contribution in [0.5, 0.6) is 0 Å². The number of urea groups is 1. The Labute approximate surface area is 198 Å². The standard InChI is InChI=1S/C25H25N3O5S/c1-25(21-9-5-7-18-6-3-4-8-20(18)21)23(30)28(24(31)27-25)16-22(29)19-12-10-17(11-13-19)14-15-26-34(2,32)33/h3-13,26H,14-16H2,1-2H3,(H,27,31). The Bertz CT molecular complexity index is 1380. The average Bonchev–Trinajstić information content (AvgIpc) is 3.02. The lowest BCUT2D eigenvalue weighted by Gasteiger charge is -2.24. The first-order chi connectivity index (χ1) is 16.1. The molecule has 4 rings (SSSR count). The normalized spacial score (nSPS) is 18.4. The monoisotopic (exact) mass is 479 g/mol. The largest absolute Gasteiger partial charge is 0.325 e. The lowest BCUT2D eigenvalue weighted by atomic mass is 9.88. The maximum Gasteiger partial charge on any atom is 0.325 e. The van der Waals surface area contributed by atoms with Crippen LogP contribution >= 0.6 is 0 Å². The summed E-state index contributed by atoms with van der Waals surface area (Å²) >= 11 is 0. The van der Waals surface area contributed by atoms with Crippen molar-refractivity contribution < 1.29 is 22.8 Å². The van der Waals surface area contributed by atoms with Gasteiger partial charge in [0.1, 0.15) is 5.54 Å². The van der Waals surface area contributed by atoms with Gasteiger partial charge in [0.2, 0.25) is 10.0 Å². The van der Waals surface area contributed by atoms with Crippen LogP contribution in [0.4, 0.5) is 4.79 Å². The first-order valence-corrected chi connectivity index (χ1v) is 12.7. The molecule has 0 saturated carbocycles. The molecule has 34 heavy (non-hydrogen) atoms. The third-order valence-electron chi connectivity index (χ3n) is 5.96. The number of fused-ring (bicyclic) bond motifs is 1. The van der Waals surface area contributed by atoms with Crippen molar-refractivity contribution in [1.82, 2.24) is 14.9 Å². The van der Waals surface area contributed by atoms with Crippen LogP contribution in [0.1, 0.15) is 28.4 Å². The highest BCUT2D eigenvalue weighted by Gasteiger charge is 2.50. The van der Waals surface area contributed by atoms with Gasteiger partial charge >= 0.3 is 6.03 Å². The molecule has 3 aromatic carbocycles. The van der Waals surface area contributed by atoms with Gasteiger partial charge in [0.05, 0.1) is 12.8 Å². The molecule has 1 heterocycles. The minimum absolute atomic E-state index is 0.251. The summed E-state index contributed by atoms with van der Waals surface area (Å²) in [5.41, 5.74) is 0.602. The van der Waals surface area contributed by atoms with Gasteiger partial charge in [0, 0.05) is 12.1 Å². The van der Waals surface area contributed by atoms with E-state index in [0.29, 0.717) is 17.5 Å². The molecular weight excluding hydrogens is 454 g/mol. The fourth-order valence-corrected chi connectivity index (χ4v) is 4.63. The minimum Gasteiger partial charge on any atom is -0.319 e. The fraction of sp³-hybridized carbons (Fsp3) is 0.240. The second kappa shape index (κ2) is 9.00. The van der Waals surface area contributed by atoms with Crippen LogP contribution in [0.3, 0.4) is 0 Å². The van der Waals surface area contributed by atoms with E-state index in [1.54, 1.807) is 31.2 Å². The quantitative estimate of drug-likeness (QED) is 0.381. The van der Waals surface area contributed by atoms with Crippen LogP contribution < -0.4 is 10.0 Å². The maximum atomic E-state index is 13.3. The van der Waals surface area contributed by atoms with Crippen LogP contribution in [0.15, 0.2) is 66.7 Å². The second-order valence-corrected chi connectivity index (χ2v) is 10.3. The van der Waals surface area contributed by atoms with E-state index < -0.39 is 27.5 Å². The number of carbonyl (C=O) groups excluding carboxylic acids is 3. The van der Waals surface area contributed by atoms with Gasteiger partial charge in [0.25, 0.3) is 5.91 Å². The smallest absolute Gasteiger partial charge is 0.319 e. The molecule has 0 spiro atoms. The number of Topliss-reactive ketones (excluding diaryl/α,β-unsaturated/α-hetero) is 1. The fourth-order valence-electron chi connectivity index (χ4n) is 4.16. The predicted molar refractivity (Wildman–Crippen MR) is 129 cm³/mol. The maximum absolute atomic E-state index is 13.3. The molecule has 1 unspecified atom stereocenters. The number of nitrogens with zero attached hydrogens (tertiary/aromatic N) is 1. The van der Waals surface area contributed by atoms with E-state index in [1.165, 1.54) is 0 Å². The minimum atomic E-state index is -3.26. The van der Waals surface area contributed by atoms with Gasteiger partial charge in [-0.1, -0.05) is 66.7 Å². The van der Waals surface area contributed by atoms with Crippen LogP contribution in [0, 0.1) is 0 Å². The summed E-state index contributed by atoms with van der Waals surface area (Å²) in [6.45, 7) is 1.53. The van der Waals surface area contributed by atoms with Gasteiger partial charge in [-0.3, -0.25) is 14.5 Å². The average molecular weight is 480 g/mol. The number of benzene rings is 3. The van der Waals surface area contributed by atoms with Crippen molar-refractivity contribution in [2.24, 2.45) is 0 Å². The number of ketones is 1. The number of hydrogen-bond acceptors (Lipinski definition) is 5. The highest BCUT2D eigenvalue weighted by atomic mass is 32.2. The van der Waals surface area contributed by atoms with E-state index in [2.05, 4.69) is 10.0 Å². The van der Waals surface area contributed by atoms with Crippen molar-refractivity contribution in [3.63, 3.8) is 0 Å². The van der Waals surface area contributed by atoms with Crippen molar-refractivity contribution in [1.29, 1.82) is 0 Å². The number of hydrogen-bond donors (Lipinski definition) is 2. The van der Waals surface area contributed by atoms with Crippen LogP contribution in [0.25, 0.3) is 10.8 Å². The Morgan fingerprint density at radius 2 is 1.68 bits per heavy atom. The van der Waals surface area contributed by atoms with Gasteiger partial charge in [-0.05, 0) is 35.2 Å². The van der Waals surface area contributed by atoms with E-state index in [1.807, 2.05) is 42.5 Å². The highest BCUT2D eigenvalue weighted by molar-refractivity contribution is 7.88. The second-order valence-electron chi connectivity index (χ2n) is 8.51. The lowest BCUT2D eigenvalue weighted by Crippen LogP contribution is -2.41. The van der Waals surface area contributed by atoms with Crippen LogP contribution in [-0.4, -0.2) is 50.4 Å². The molecule has 0 bridgehead atoms. The summed E-state index contributed by atoms with van der Waals surface area (Å²) in [5, 5.41) is 4.57. The Hall–Kier alpha value is -3.56. The molecule has 1 saturated heterocycles. The van der Waals surface area contributed by atoms with E-state index in [0.717, 1.165) is 27.5 Å². The van der Waals surface area contributed by atoms with Crippen molar-refractivity contribution in [2.75, 3.05) is 19.3 Å². The summed E-state index contributed by atoms with van der Waals surface area (Å²) < 4.78 is 24.7. The van der Waals surface area contributed by atoms with E-state index >= 15 is 0 Å². The van der Waals surface area contributed by atoms with Gasteiger partial charge in [-0.25, -0.2) is 17.9 Å². The first kappa shape index (κ1) is 23.6. The Morgan fingerprint density at radius 3 is 2.38 bits per heavy atom. The topological polar surface area (TPSA) is 113 Å². The predicted octanol–water partition coefficient (Wildman–Crippen LogP) is 2.58. The SMILES string of the molecule is CC1(c2cccc3ccccc23)NC(=O)N(CC(=O)c2ccc(CCNS(C)(=O)=O)cc2)C1=O. The van der Waals surface area contributed by atoms with Gasteiger partial charge in [-0.2, -0.15) is 0 Å². The molecule has 0 radical (unpaired) electrons. The molecule has 8 nitrogen and oxygen atoms in total. The molecule has 0 aromatic heterocycles. The zero-order valence-corrected chi connectivity index (χ0v) is 19.7. The Morgan fingerprint density at radius 1 is 1.00 bits per heavy atom. The summed E-state index contributed by atoms with van der Waals surface area (Å²) in [4.78, 5) is 39.8. The van der Waals surface area contributed by atoms with Crippen molar-refractivity contribution >= 4 is 38.5 Å². The Kier molecular flexibility index (Phi) is 6.24. The van der Waals surface area contributed by atoms with E-state index in [4.69, 9.17) is 0 Å². The van der Waals surface area contributed by atoms with E-state index in [9.17, 15) is 22.8 Å². The number of nitrogens with one attached hydrogen (secondary N) is 2. The summed E-state index contributed by atoms with van der Waals surface area (Å²) in [7, 11) is -3.26. The molecule has 1 fully saturated rings. The van der Waals surface area contributed by atoms with E-state index in [-0.39, 0.29) is 18.9 Å².